The van der Waals surface area contributed by atoms with Crippen molar-refractivity contribution in [3.63, 3.8) is 0 Å². The quantitative estimate of drug-likeness (QED) is 0.243. The lowest BCUT2D eigenvalue weighted by Gasteiger charge is -2.25. The minimum Gasteiger partial charge on any atom is -0.308 e. The lowest BCUT2D eigenvalue weighted by molar-refractivity contribution is 0.635. The highest BCUT2D eigenvalue weighted by atomic mass is 15.0. The van der Waals surface area contributed by atoms with E-state index in [0.717, 1.165) is 27.8 Å². The number of rotatable bonds is 3. The molecule has 39 heavy (non-hydrogen) atoms. The van der Waals surface area contributed by atoms with Crippen LogP contribution in [0.15, 0.2) is 128 Å². The number of para-hydroxylation sites is 2. The van der Waals surface area contributed by atoms with Crippen LogP contribution >= 0.6 is 0 Å². The summed E-state index contributed by atoms with van der Waals surface area (Å²) in [6.45, 7) is 2.31. The van der Waals surface area contributed by atoms with Gasteiger partial charge in [0, 0.05) is 40.5 Å². The van der Waals surface area contributed by atoms with Gasteiger partial charge in [-0.2, -0.15) is 0 Å². The second kappa shape index (κ2) is 8.53. The molecule has 1 aliphatic rings. The number of pyridine rings is 2. The second-order valence-electron chi connectivity index (χ2n) is 10.4. The lowest BCUT2D eigenvalue weighted by atomic mass is 9.83. The zero-order valence-electron chi connectivity index (χ0n) is 21.6. The number of benzene rings is 3. The van der Waals surface area contributed by atoms with Crippen LogP contribution < -0.4 is 0 Å². The van der Waals surface area contributed by atoms with E-state index in [-0.39, 0.29) is 0 Å². The molecule has 2 unspecified atom stereocenters. The fourth-order valence-electron chi connectivity index (χ4n) is 6.34. The first kappa shape index (κ1) is 22.1. The molecule has 0 fully saturated rings. The van der Waals surface area contributed by atoms with Crippen LogP contribution in [0.1, 0.15) is 18.4 Å². The number of fused-ring (bicyclic) bond motifs is 6. The Bertz CT molecular complexity index is 1980. The topological polar surface area (TPSA) is 35.6 Å². The zero-order chi connectivity index (χ0) is 25.9. The molecule has 0 N–H and O–H groups in total. The summed E-state index contributed by atoms with van der Waals surface area (Å²) in [5.41, 5.74) is 10.4. The smallest absolute Gasteiger partial charge is 0.0963 e. The van der Waals surface area contributed by atoms with Gasteiger partial charge in [-0.15, -0.1) is 0 Å². The molecule has 1 aliphatic carbocycles. The molecule has 186 valence electrons. The van der Waals surface area contributed by atoms with Crippen molar-refractivity contribution in [2.45, 2.75) is 12.8 Å². The van der Waals surface area contributed by atoms with Crippen LogP contribution in [0.25, 0.3) is 55.3 Å². The maximum Gasteiger partial charge on any atom is 0.0963 e. The van der Waals surface area contributed by atoms with Crippen molar-refractivity contribution in [1.29, 1.82) is 0 Å². The number of nitrogens with zero attached hydrogens (tertiary/aromatic N) is 4. The third kappa shape index (κ3) is 3.31. The van der Waals surface area contributed by atoms with E-state index >= 15 is 0 Å². The maximum atomic E-state index is 4.70. The van der Waals surface area contributed by atoms with Crippen molar-refractivity contribution in [3.05, 3.63) is 133 Å². The van der Waals surface area contributed by atoms with Crippen LogP contribution in [0.3, 0.4) is 0 Å². The third-order valence-corrected chi connectivity index (χ3v) is 8.12. The van der Waals surface area contributed by atoms with E-state index in [0.29, 0.717) is 11.8 Å². The van der Waals surface area contributed by atoms with Gasteiger partial charge in [-0.05, 0) is 66.1 Å². The molecule has 3 aromatic carbocycles. The van der Waals surface area contributed by atoms with Gasteiger partial charge in [0.05, 0.1) is 33.1 Å². The number of hydrogen-bond acceptors (Lipinski definition) is 2. The molecule has 0 radical (unpaired) electrons. The first-order valence-corrected chi connectivity index (χ1v) is 13.5. The summed E-state index contributed by atoms with van der Waals surface area (Å²) < 4.78 is 4.66. The Morgan fingerprint density at radius 2 is 1.15 bits per heavy atom. The summed E-state index contributed by atoms with van der Waals surface area (Å²) in [4.78, 5) is 9.38. The Labute approximate surface area is 226 Å². The molecule has 4 nitrogen and oxygen atoms in total. The maximum absolute atomic E-state index is 4.70. The molecule has 4 aromatic heterocycles. The van der Waals surface area contributed by atoms with Gasteiger partial charge in [0.15, 0.2) is 0 Å². The minimum absolute atomic E-state index is 0.314. The normalized spacial score (nSPS) is 17.4. The van der Waals surface area contributed by atoms with Crippen LogP contribution in [-0.4, -0.2) is 19.1 Å². The van der Waals surface area contributed by atoms with Gasteiger partial charge in [0.2, 0.25) is 0 Å². The fraction of sp³-hybridized carbons (Fsp3) is 0.0857. The number of hydrogen-bond donors (Lipinski definition) is 0. The largest absolute Gasteiger partial charge is 0.308 e. The van der Waals surface area contributed by atoms with E-state index in [1.165, 1.54) is 33.1 Å². The molecule has 7 aromatic rings. The van der Waals surface area contributed by atoms with E-state index in [1.54, 1.807) is 0 Å². The van der Waals surface area contributed by atoms with Crippen LogP contribution in [0, 0.1) is 5.92 Å². The first-order valence-electron chi connectivity index (χ1n) is 13.5. The van der Waals surface area contributed by atoms with Crippen LogP contribution in [-0.2, 0) is 0 Å². The number of allylic oxidation sites excluding steroid dienone is 4. The fourth-order valence-corrected chi connectivity index (χ4v) is 6.34. The molecule has 0 bridgehead atoms. The number of aromatic nitrogens is 4. The Kier molecular flexibility index (Phi) is 4.83. The Morgan fingerprint density at radius 1 is 0.590 bits per heavy atom. The zero-order valence-corrected chi connectivity index (χ0v) is 21.6. The molecule has 4 heterocycles. The summed E-state index contributed by atoms with van der Waals surface area (Å²) >= 11 is 0. The summed E-state index contributed by atoms with van der Waals surface area (Å²) in [5.74, 6) is 0.662. The monoisotopic (exact) mass is 502 g/mol. The van der Waals surface area contributed by atoms with Crippen molar-refractivity contribution in [1.82, 2.24) is 19.1 Å². The Balaban J connectivity index is 1.16. The highest BCUT2D eigenvalue weighted by molar-refractivity contribution is 6.08. The second-order valence-corrected chi connectivity index (χ2v) is 10.4. The summed E-state index contributed by atoms with van der Waals surface area (Å²) in [6.07, 6.45) is 10.8. The van der Waals surface area contributed by atoms with E-state index in [2.05, 4.69) is 124 Å². The molecule has 0 aliphatic heterocycles. The van der Waals surface area contributed by atoms with Crippen LogP contribution in [0.5, 0.6) is 0 Å². The predicted octanol–water partition coefficient (Wildman–Crippen LogP) is 8.51. The summed E-state index contributed by atoms with van der Waals surface area (Å²) in [7, 11) is 0. The minimum atomic E-state index is 0.314. The van der Waals surface area contributed by atoms with Crippen molar-refractivity contribution < 1.29 is 0 Å². The van der Waals surface area contributed by atoms with Crippen LogP contribution in [0.2, 0.25) is 0 Å². The van der Waals surface area contributed by atoms with E-state index < -0.39 is 0 Å². The average Bonchev–Trinajstić information content (AvgIpc) is 3.51. The average molecular weight is 503 g/mol. The molecule has 0 saturated carbocycles. The molecular formula is C35H26N4. The van der Waals surface area contributed by atoms with E-state index in [9.17, 15) is 0 Å². The van der Waals surface area contributed by atoms with Gasteiger partial charge in [0.25, 0.3) is 0 Å². The van der Waals surface area contributed by atoms with Crippen molar-refractivity contribution in [3.8, 4) is 5.69 Å². The SMILES string of the molecule is CC1C=C(n2c3ccccc3c3ncccc32)C=CC1c1ccc(-n2c3ccccc3c3ncccc32)cc1. The third-order valence-electron chi connectivity index (χ3n) is 8.12. The van der Waals surface area contributed by atoms with E-state index in [1.807, 2.05) is 24.5 Å². The highest BCUT2D eigenvalue weighted by Crippen LogP contribution is 2.38. The van der Waals surface area contributed by atoms with Gasteiger partial charge in [0.1, 0.15) is 0 Å². The molecule has 0 saturated heterocycles. The molecule has 0 amide bonds. The molecule has 0 spiro atoms. The molecule has 8 rings (SSSR count). The lowest BCUT2D eigenvalue weighted by Crippen LogP contribution is -2.11. The predicted molar refractivity (Wildman–Crippen MR) is 161 cm³/mol. The summed E-state index contributed by atoms with van der Waals surface area (Å²) in [5, 5.41) is 2.37. The van der Waals surface area contributed by atoms with Crippen LogP contribution in [0.4, 0.5) is 0 Å². The first-order chi connectivity index (χ1) is 19.3. The standard InChI is InChI=1S/C35H26N4/c1-23-22-26(39-31-11-5-3-9-29(31)35-33(39)13-7-21-37-35)18-19-27(23)24-14-16-25(17-15-24)38-30-10-4-2-8-28(30)34-32(38)12-6-20-36-34/h2-23,27H,1H3. The van der Waals surface area contributed by atoms with Crippen molar-refractivity contribution in [2.75, 3.05) is 0 Å². The molecule has 4 heteroatoms. The van der Waals surface area contributed by atoms with Gasteiger partial charge >= 0.3 is 0 Å². The van der Waals surface area contributed by atoms with Crippen molar-refractivity contribution >= 4 is 49.6 Å². The Hall–Kier alpha value is -4.96. The highest BCUT2D eigenvalue weighted by Gasteiger charge is 2.22. The van der Waals surface area contributed by atoms with Crippen molar-refractivity contribution in [2.24, 2.45) is 5.92 Å². The van der Waals surface area contributed by atoms with Gasteiger partial charge in [-0.25, -0.2) is 0 Å². The van der Waals surface area contributed by atoms with E-state index in [4.69, 9.17) is 4.98 Å². The summed E-state index contributed by atoms with van der Waals surface area (Å²) in [6, 6.07) is 34.4. The van der Waals surface area contributed by atoms with Gasteiger partial charge in [-0.3, -0.25) is 9.97 Å². The molecule has 2 atom stereocenters. The Morgan fingerprint density at radius 3 is 1.79 bits per heavy atom. The molecular weight excluding hydrogens is 476 g/mol. The van der Waals surface area contributed by atoms with Gasteiger partial charge < -0.3 is 9.13 Å². The van der Waals surface area contributed by atoms with Gasteiger partial charge in [-0.1, -0.05) is 67.6 Å².